The van der Waals surface area contributed by atoms with Crippen LogP contribution in [0.2, 0.25) is 0 Å². The lowest BCUT2D eigenvalue weighted by Crippen LogP contribution is -2.18. The maximum atomic E-state index is 11.9. The molecule has 0 unspecified atom stereocenters. The Labute approximate surface area is 217 Å². The van der Waals surface area contributed by atoms with Crippen molar-refractivity contribution in [2.75, 3.05) is 31.3 Å². The van der Waals surface area contributed by atoms with Crippen LogP contribution in [0.5, 0.6) is 5.75 Å². The molecule has 0 radical (unpaired) electrons. The molecule has 0 aliphatic rings. The molecule has 9 nitrogen and oxygen atoms in total. The van der Waals surface area contributed by atoms with Gasteiger partial charge in [-0.3, -0.25) is 9.78 Å². The van der Waals surface area contributed by atoms with Crippen LogP contribution in [0.15, 0.2) is 73.4 Å². The van der Waals surface area contributed by atoms with E-state index in [1.807, 2.05) is 36.4 Å². The molecule has 1 amide bonds. The number of rotatable bonds is 9. The van der Waals surface area contributed by atoms with E-state index < -0.39 is 0 Å². The van der Waals surface area contributed by atoms with Gasteiger partial charge in [0.15, 0.2) is 0 Å². The van der Waals surface area contributed by atoms with Gasteiger partial charge in [-0.15, -0.1) is 0 Å². The lowest BCUT2D eigenvalue weighted by atomic mass is 9.98. The van der Waals surface area contributed by atoms with E-state index in [0.29, 0.717) is 23.7 Å². The molecule has 0 bridgehead atoms. The topological polar surface area (TPSA) is 114 Å². The molecule has 36 heavy (non-hydrogen) atoms. The first-order chi connectivity index (χ1) is 17.1. The van der Waals surface area contributed by atoms with Crippen LogP contribution in [0.25, 0.3) is 11.3 Å². The number of anilines is 3. The Morgan fingerprint density at radius 2 is 1.81 bits per heavy atom. The zero-order valence-electron chi connectivity index (χ0n) is 20.3. The molecule has 0 aliphatic carbocycles. The Bertz CT molecular complexity index is 1290. The average Bonchev–Trinajstić information content (AvgIpc) is 2.92. The van der Waals surface area contributed by atoms with Crippen LogP contribution in [0.1, 0.15) is 28.8 Å². The molecule has 0 saturated heterocycles. The predicted molar refractivity (Wildman–Crippen MR) is 146 cm³/mol. The molecule has 0 aliphatic heterocycles. The number of hydrogen-bond acceptors (Lipinski definition) is 8. The standard InChI is InChI=1S/C26H27N7O2.H2S/c1-17(21-6-4-18(26(34)27-2)12-23(21)35-3)14-29-25-13-22(31-16-32-25)19-5-7-24(30-15-19)33-20-8-10-28-11-9-20;/h4-13,15-17H,14H2,1-3H3,(H,27,34)(H,28,30,33)(H,29,31,32);1H2/t17-;/m1./s1. The fourth-order valence-corrected chi connectivity index (χ4v) is 3.59. The van der Waals surface area contributed by atoms with Gasteiger partial charge in [0.05, 0.1) is 12.8 Å². The molecule has 3 N–H and O–H groups in total. The monoisotopic (exact) mass is 503 g/mol. The van der Waals surface area contributed by atoms with Crippen molar-refractivity contribution in [1.29, 1.82) is 0 Å². The zero-order valence-corrected chi connectivity index (χ0v) is 21.3. The van der Waals surface area contributed by atoms with Crippen molar-refractivity contribution in [2.24, 2.45) is 0 Å². The van der Waals surface area contributed by atoms with Crippen molar-refractivity contribution in [3.05, 3.63) is 84.6 Å². The van der Waals surface area contributed by atoms with E-state index in [1.54, 1.807) is 44.9 Å². The van der Waals surface area contributed by atoms with E-state index in [1.165, 1.54) is 6.33 Å². The fraction of sp³-hybridized carbons (Fsp3) is 0.192. The summed E-state index contributed by atoms with van der Waals surface area (Å²) in [6, 6.07) is 15.0. The summed E-state index contributed by atoms with van der Waals surface area (Å²) < 4.78 is 5.53. The van der Waals surface area contributed by atoms with E-state index in [4.69, 9.17) is 4.74 Å². The number of carbonyl (C=O) groups is 1. The first-order valence-electron chi connectivity index (χ1n) is 11.2. The van der Waals surface area contributed by atoms with Crippen LogP contribution in [0.3, 0.4) is 0 Å². The number of aromatic nitrogens is 4. The first kappa shape index (κ1) is 26.4. The van der Waals surface area contributed by atoms with Gasteiger partial charge in [-0.1, -0.05) is 13.0 Å². The Balaban J connectivity index is 0.00000361. The van der Waals surface area contributed by atoms with Gasteiger partial charge in [0.2, 0.25) is 0 Å². The van der Waals surface area contributed by atoms with Crippen LogP contribution >= 0.6 is 13.5 Å². The molecule has 0 saturated carbocycles. The molecular formula is C26H29N7O2S. The van der Waals surface area contributed by atoms with E-state index in [9.17, 15) is 4.79 Å². The Hall–Kier alpha value is -4.18. The van der Waals surface area contributed by atoms with Crippen molar-refractivity contribution in [3.63, 3.8) is 0 Å². The third-order valence-corrected chi connectivity index (χ3v) is 5.52. The minimum Gasteiger partial charge on any atom is -0.496 e. The Kier molecular flexibility index (Phi) is 9.18. The number of ether oxygens (including phenoxy) is 1. The highest BCUT2D eigenvalue weighted by molar-refractivity contribution is 7.59. The third kappa shape index (κ3) is 6.48. The molecular weight excluding hydrogens is 474 g/mol. The molecule has 3 aromatic heterocycles. The van der Waals surface area contributed by atoms with Gasteiger partial charge in [0.1, 0.15) is 23.7 Å². The highest BCUT2D eigenvalue weighted by atomic mass is 32.1. The number of benzene rings is 1. The fourth-order valence-electron chi connectivity index (χ4n) is 3.59. The van der Waals surface area contributed by atoms with E-state index in [0.717, 1.165) is 28.3 Å². The van der Waals surface area contributed by atoms with Crippen LogP contribution in [-0.4, -0.2) is 46.5 Å². The molecule has 1 atom stereocenters. The van der Waals surface area contributed by atoms with Gasteiger partial charge in [-0.05, 0) is 42.0 Å². The quantitative estimate of drug-likeness (QED) is 0.308. The van der Waals surface area contributed by atoms with Gasteiger partial charge in [-0.2, -0.15) is 13.5 Å². The number of carbonyl (C=O) groups excluding carboxylic acids is 1. The number of hydrogen-bond donors (Lipinski definition) is 3. The number of methoxy groups -OCH3 is 1. The van der Waals surface area contributed by atoms with E-state index in [2.05, 4.69) is 42.8 Å². The lowest BCUT2D eigenvalue weighted by Gasteiger charge is -2.17. The molecule has 186 valence electrons. The summed E-state index contributed by atoms with van der Waals surface area (Å²) in [7, 11) is 3.21. The number of nitrogens with one attached hydrogen (secondary N) is 3. The van der Waals surface area contributed by atoms with Crippen molar-refractivity contribution < 1.29 is 9.53 Å². The van der Waals surface area contributed by atoms with Gasteiger partial charge in [-0.25, -0.2) is 15.0 Å². The molecule has 10 heteroatoms. The molecule has 0 spiro atoms. The highest BCUT2D eigenvalue weighted by Gasteiger charge is 2.15. The summed E-state index contributed by atoms with van der Waals surface area (Å²) >= 11 is 0. The number of nitrogens with zero attached hydrogens (tertiary/aromatic N) is 4. The van der Waals surface area contributed by atoms with Gasteiger partial charge < -0.3 is 20.7 Å². The molecule has 0 fully saturated rings. The van der Waals surface area contributed by atoms with Crippen LogP contribution in [0.4, 0.5) is 17.3 Å². The molecule has 1 aromatic carbocycles. The summed E-state index contributed by atoms with van der Waals surface area (Å²) in [4.78, 5) is 29.2. The van der Waals surface area contributed by atoms with Crippen LogP contribution in [0, 0.1) is 0 Å². The van der Waals surface area contributed by atoms with Crippen LogP contribution in [-0.2, 0) is 0 Å². The summed E-state index contributed by atoms with van der Waals surface area (Å²) in [5.41, 5.74) is 4.14. The second kappa shape index (κ2) is 12.5. The van der Waals surface area contributed by atoms with Gasteiger partial charge in [0.25, 0.3) is 5.91 Å². The predicted octanol–water partition coefficient (Wildman–Crippen LogP) is 4.37. The van der Waals surface area contributed by atoms with Crippen molar-refractivity contribution in [3.8, 4) is 17.0 Å². The molecule has 4 rings (SSSR count). The van der Waals surface area contributed by atoms with Crippen LogP contribution < -0.4 is 20.7 Å². The highest BCUT2D eigenvalue weighted by Crippen LogP contribution is 2.28. The SMILES string of the molecule is CNC(=O)c1ccc([C@H](C)CNc2cc(-c3ccc(Nc4ccncc4)nc3)ncn2)c(OC)c1.S. The third-order valence-electron chi connectivity index (χ3n) is 5.52. The van der Waals surface area contributed by atoms with Crippen molar-refractivity contribution in [1.82, 2.24) is 25.3 Å². The normalized spacial score (nSPS) is 11.1. The first-order valence-corrected chi connectivity index (χ1v) is 11.2. The molecule has 3 heterocycles. The van der Waals surface area contributed by atoms with E-state index >= 15 is 0 Å². The minimum atomic E-state index is -0.148. The van der Waals surface area contributed by atoms with Gasteiger partial charge in [0, 0.05) is 61.0 Å². The lowest BCUT2D eigenvalue weighted by molar-refractivity contribution is 0.0962. The Morgan fingerprint density at radius 1 is 1.00 bits per heavy atom. The van der Waals surface area contributed by atoms with E-state index in [-0.39, 0.29) is 25.3 Å². The largest absolute Gasteiger partial charge is 0.496 e. The number of amides is 1. The summed E-state index contributed by atoms with van der Waals surface area (Å²) in [6.07, 6.45) is 6.76. The maximum absolute atomic E-state index is 11.9. The zero-order chi connectivity index (χ0) is 24.6. The number of pyridine rings is 2. The second-order valence-corrected chi connectivity index (χ2v) is 7.90. The smallest absolute Gasteiger partial charge is 0.251 e. The summed E-state index contributed by atoms with van der Waals surface area (Å²) in [5, 5.41) is 9.24. The molecule has 4 aromatic rings. The second-order valence-electron chi connectivity index (χ2n) is 7.90. The summed E-state index contributed by atoms with van der Waals surface area (Å²) in [5.74, 6) is 2.08. The average molecular weight is 504 g/mol. The minimum absolute atomic E-state index is 0. The van der Waals surface area contributed by atoms with Crippen molar-refractivity contribution >= 4 is 36.7 Å². The maximum Gasteiger partial charge on any atom is 0.251 e. The summed E-state index contributed by atoms with van der Waals surface area (Å²) in [6.45, 7) is 2.71. The Morgan fingerprint density at radius 3 is 2.50 bits per heavy atom. The van der Waals surface area contributed by atoms with Crippen molar-refractivity contribution in [2.45, 2.75) is 12.8 Å². The van der Waals surface area contributed by atoms with Gasteiger partial charge >= 0.3 is 0 Å².